The van der Waals surface area contributed by atoms with E-state index in [4.69, 9.17) is 20.6 Å². The Balaban J connectivity index is 2.35. The van der Waals surface area contributed by atoms with Gasteiger partial charge in [0, 0.05) is 12.2 Å². The average molecular weight is 268 g/mol. The van der Waals surface area contributed by atoms with E-state index in [9.17, 15) is 4.39 Å². The van der Waals surface area contributed by atoms with Crippen LogP contribution in [0, 0.1) is 17.1 Å². The molecule has 0 fully saturated rings. The van der Waals surface area contributed by atoms with E-state index in [-0.39, 0.29) is 12.4 Å². The van der Waals surface area contributed by atoms with Gasteiger partial charge in [-0.25, -0.2) is 4.39 Å². The van der Waals surface area contributed by atoms with Crippen LogP contribution in [-0.4, -0.2) is 25.7 Å². The number of hydrogen-bond donors (Lipinski definition) is 2. The molecule has 106 valence electrons. The van der Waals surface area contributed by atoms with Crippen LogP contribution < -0.4 is 5.73 Å². The summed E-state index contributed by atoms with van der Waals surface area (Å²) < 4.78 is 24.0. The van der Waals surface area contributed by atoms with Crippen molar-refractivity contribution in [1.29, 1.82) is 5.41 Å². The molecular weight excluding hydrogens is 247 g/mol. The molecule has 1 aromatic rings. The maximum Gasteiger partial charge on any atom is 0.124 e. The van der Waals surface area contributed by atoms with Crippen LogP contribution in [0.15, 0.2) is 18.2 Å². The standard InChI is InChI=1S/C14H21FN2O2/c1-10(2)8-18-3-4-19-9-11-5-12(14(16)17)7-13(15)6-11/h5-7,10H,3-4,8-9H2,1-2H3,(H3,16,17). The van der Waals surface area contributed by atoms with E-state index in [2.05, 4.69) is 13.8 Å². The van der Waals surface area contributed by atoms with Gasteiger partial charge in [0.15, 0.2) is 0 Å². The summed E-state index contributed by atoms with van der Waals surface area (Å²) in [5.41, 5.74) is 6.36. The zero-order chi connectivity index (χ0) is 14.3. The van der Waals surface area contributed by atoms with Crippen molar-refractivity contribution in [3.8, 4) is 0 Å². The Labute approximate surface area is 113 Å². The van der Waals surface area contributed by atoms with E-state index in [1.807, 2.05) is 0 Å². The zero-order valence-electron chi connectivity index (χ0n) is 11.4. The summed E-state index contributed by atoms with van der Waals surface area (Å²) in [5, 5.41) is 7.29. The molecule has 19 heavy (non-hydrogen) atoms. The highest BCUT2D eigenvalue weighted by Crippen LogP contribution is 2.10. The molecule has 0 saturated carbocycles. The van der Waals surface area contributed by atoms with Gasteiger partial charge in [0.05, 0.1) is 19.8 Å². The van der Waals surface area contributed by atoms with Crippen LogP contribution >= 0.6 is 0 Å². The zero-order valence-corrected chi connectivity index (χ0v) is 11.4. The second-order valence-electron chi connectivity index (χ2n) is 4.78. The molecular formula is C14H21FN2O2. The Bertz CT molecular complexity index is 422. The number of nitrogens with two attached hydrogens (primary N) is 1. The first-order valence-electron chi connectivity index (χ1n) is 6.28. The Morgan fingerprint density at radius 3 is 2.58 bits per heavy atom. The van der Waals surface area contributed by atoms with Crippen LogP contribution in [0.25, 0.3) is 0 Å². The van der Waals surface area contributed by atoms with Crippen molar-refractivity contribution in [3.63, 3.8) is 0 Å². The molecule has 0 aromatic heterocycles. The van der Waals surface area contributed by atoms with Gasteiger partial charge < -0.3 is 15.2 Å². The van der Waals surface area contributed by atoms with Crippen LogP contribution in [-0.2, 0) is 16.1 Å². The summed E-state index contributed by atoms with van der Waals surface area (Å²) in [6, 6.07) is 4.26. The van der Waals surface area contributed by atoms with E-state index in [0.717, 1.165) is 0 Å². The van der Waals surface area contributed by atoms with Gasteiger partial charge in [0.2, 0.25) is 0 Å². The quantitative estimate of drug-likeness (QED) is 0.432. The molecule has 0 spiro atoms. The fourth-order valence-corrected chi connectivity index (χ4v) is 1.52. The van der Waals surface area contributed by atoms with Crippen molar-refractivity contribution in [2.75, 3.05) is 19.8 Å². The van der Waals surface area contributed by atoms with E-state index < -0.39 is 5.82 Å². The molecule has 3 N–H and O–H groups in total. The SMILES string of the molecule is CC(C)COCCOCc1cc(F)cc(C(=N)N)c1. The number of nitrogen functional groups attached to an aromatic ring is 1. The third kappa shape index (κ3) is 6.31. The molecule has 0 radical (unpaired) electrons. The van der Waals surface area contributed by atoms with Crippen LogP contribution in [0.3, 0.4) is 0 Å². The van der Waals surface area contributed by atoms with Crippen LogP contribution in [0.2, 0.25) is 0 Å². The molecule has 0 aliphatic heterocycles. The number of ether oxygens (including phenoxy) is 2. The van der Waals surface area contributed by atoms with Gasteiger partial charge in [-0.2, -0.15) is 0 Å². The fourth-order valence-electron chi connectivity index (χ4n) is 1.52. The second-order valence-corrected chi connectivity index (χ2v) is 4.78. The molecule has 0 atom stereocenters. The number of nitrogens with one attached hydrogen (secondary N) is 1. The number of halogens is 1. The molecule has 4 nitrogen and oxygen atoms in total. The van der Waals surface area contributed by atoms with Gasteiger partial charge in [-0.15, -0.1) is 0 Å². The molecule has 5 heteroatoms. The first-order valence-corrected chi connectivity index (χ1v) is 6.28. The minimum Gasteiger partial charge on any atom is -0.384 e. The van der Waals surface area contributed by atoms with Gasteiger partial charge in [0.25, 0.3) is 0 Å². The third-order valence-electron chi connectivity index (χ3n) is 2.36. The number of rotatable bonds is 8. The lowest BCUT2D eigenvalue weighted by molar-refractivity contribution is 0.0314. The van der Waals surface area contributed by atoms with Gasteiger partial charge in [-0.1, -0.05) is 13.8 Å². The van der Waals surface area contributed by atoms with Gasteiger partial charge in [0.1, 0.15) is 11.7 Å². The summed E-state index contributed by atoms with van der Waals surface area (Å²) in [6.07, 6.45) is 0. The topological polar surface area (TPSA) is 68.3 Å². The van der Waals surface area contributed by atoms with Gasteiger partial charge in [-0.05, 0) is 29.7 Å². The highest BCUT2D eigenvalue weighted by molar-refractivity contribution is 5.95. The molecule has 0 saturated heterocycles. The summed E-state index contributed by atoms with van der Waals surface area (Å²) in [4.78, 5) is 0. The lowest BCUT2D eigenvalue weighted by Crippen LogP contribution is -2.12. The molecule has 0 aliphatic rings. The first-order chi connectivity index (χ1) is 8.99. The normalized spacial score (nSPS) is 10.9. The monoisotopic (exact) mass is 268 g/mol. The first kappa shape index (κ1) is 15.6. The lowest BCUT2D eigenvalue weighted by atomic mass is 10.1. The number of benzene rings is 1. The minimum absolute atomic E-state index is 0.152. The van der Waals surface area contributed by atoms with Crippen molar-refractivity contribution in [2.45, 2.75) is 20.5 Å². The predicted molar refractivity (Wildman–Crippen MR) is 72.7 cm³/mol. The Morgan fingerprint density at radius 2 is 1.95 bits per heavy atom. The summed E-state index contributed by atoms with van der Waals surface area (Å²) in [7, 11) is 0. The predicted octanol–water partition coefficient (Wildman–Crippen LogP) is 2.30. The third-order valence-corrected chi connectivity index (χ3v) is 2.36. The summed E-state index contributed by atoms with van der Waals surface area (Å²) in [6.45, 7) is 6.13. The van der Waals surface area contributed by atoms with Crippen LogP contribution in [0.5, 0.6) is 0 Å². The lowest BCUT2D eigenvalue weighted by Gasteiger charge is -2.08. The number of hydrogen-bond acceptors (Lipinski definition) is 3. The van der Waals surface area contributed by atoms with E-state index in [0.29, 0.717) is 36.9 Å². The van der Waals surface area contributed by atoms with Crippen molar-refractivity contribution >= 4 is 5.84 Å². The molecule has 1 aromatic carbocycles. The van der Waals surface area contributed by atoms with E-state index >= 15 is 0 Å². The van der Waals surface area contributed by atoms with Crippen molar-refractivity contribution in [2.24, 2.45) is 11.7 Å². The molecule has 0 unspecified atom stereocenters. The van der Waals surface area contributed by atoms with Crippen LogP contribution in [0.4, 0.5) is 4.39 Å². The smallest absolute Gasteiger partial charge is 0.124 e. The van der Waals surface area contributed by atoms with E-state index in [1.54, 1.807) is 6.07 Å². The summed E-state index contributed by atoms with van der Waals surface area (Å²) >= 11 is 0. The Morgan fingerprint density at radius 1 is 1.26 bits per heavy atom. The van der Waals surface area contributed by atoms with Crippen molar-refractivity contribution in [1.82, 2.24) is 0 Å². The largest absolute Gasteiger partial charge is 0.384 e. The maximum absolute atomic E-state index is 13.3. The Kier molecular flexibility index (Phi) is 6.45. The highest BCUT2D eigenvalue weighted by atomic mass is 19.1. The minimum atomic E-state index is -0.414. The van der Waals surface area contributed by atoms with Gasteiger partial charge in [-0.3, -0.25) is 5.41 Å². The molecule has 0 amide bonds. The Hall–Kier alpha value is -1.46. The van der Waals surface area contributed by atoms with Crippen molar-refractivity contribution < 1.29 is 13.9 Å². The molecule has 0 aliphatic carbocycles. The molecule has 1 rings (SSSR count). The molecule has 0 bridgehead atoms. The maximum atomic E-state index is 13.3. The summed E-state index contributed by atoms with van der Waals surface area (Å²) in [5.74, 6) is -0.0651. The number of amidine groups is 1. The fraction of sp³-hybridized carbons (Fsp3) is 0.500. The van der Waals surface area contributed by atoms with Crippen molar-refractivity contribution in [3.05, 3.63) is 35.1 Å². The average Bonchev–Trinajstić information content (AvgIpc) is 2.32. The highest BCUT2D eigenvalue weighted by Gasteiger charge is 2.03. The van der Waals surface area contributed by atoms with Gasteiger partial charge >= 0.3 is 0 Å². The second kappa shape index (κ2) is 7.86. The van der Waals surface area contributed by atoms with E-state index in [1.165, 1.54) is 12.1 Å². The molecule has 0 heterocycles. The van der Waals surface area contributed by atoms with Crippen LogP contribution in [0.1, 0.15) is 25.0 Å².